The Morgan fingerprint density at radius 2 is 2.10 bits per heavy atom. The lowest BCUT2D eigenvalue weighted by molar-refractivity contribution is -0.383. The third-order valence-corrected chi connectivity index (χ3v) is 2.26. The van der Waals surface area contributed by atoms with Gasteiger partial charge >= 0.3 is 0 Å². The molecular weight excluding hydrogens is 268 g/mol. The number of rotatable bonds is 7. The van der Waals surface area contributed by atoms with E-state index >= 15 is 0 Å². The minimum absolute atomic E-state index is 0.0902. The standard InChI is InChI=1S/C11H14N4O5/c12-8-5-7(1-2-9(8)15(18)19)11(17)14-3-4-20-6-10(13)16/h1-2,5H,3-4,6,12H2,(H2,13,16)(H,14,17). The van der Waals surface area contributed by atoms with Crippen molar-refractivity contribution in [2.75, 3.05) is 25.5 Å². The smallest absolute Gasteiger partial charge is 0.292 e. The number of ether oxygens (including phenoxy) is 1. The summed E-state index contributed by atoms with van der Waals surface area (Å²) in [7, 11) is 0. The summed E-state index contributed by atoms with van der Waals surface area (Å²) in [4.78, 5) is 32.0. The molecule has 1 aromatic carbocycles. The predicted molar refractivity (Wildman–Crippen MR) is 69.9 cm³/mol. The van der Waals surface area contributed by atoms with Gasteiger partial charge in [0, 0.05) is 18.2 Å². The second-order valence-electron chi connectivity index (χ2n) is 3.81. The molecule has 0 spiro atoms. The highest BCUT2D eigenvalue weighted by molar-refractivity contribution is 5.95. The Morgan fingerprint density at radius 3 is 2.65 bits per heavy atom. The van der Waals surface area contributed by atoms with Crippen LogP contribution >= 0.6 is 0 Å². The Labute approximate surface area is 114 Å². The number of amides is 2. The number of nitrogens with two attached hydrogens (primary N) is 2. The topological polar surface area (TPSA) is 151 Å². The van der Waals surface area contributed by atoms with Gasteiger partial charge in [0.1, 0.15) is 12.3 Å². The number of primary amides is 1. The number of anilines is 1. The quantitative estimate of drug-likeness (QED) is 0.263. The molecule has 0 aromatic heterocycles. The van der Waals surface area contributed by atoms with Crippen molar-refractivity contribution in [1.82, 2.24) is 5.32 Å². The Balaban J connectivity index is 2.50. The van der Waals surface area contributed by atoms with Crippen molar-refractivity contribution in [3.63, 3.8) is 0 Å². The molecule has 0 saturated carbocycles. The van der Waals surface area contributed by atoms with E-state index in [-0.39, 0.29) is 36.7 Å². The highest BCUT2D eigenvalue weighted by Crippen LogP contribution is 2.21. The molecule has 1 aromatic rings. The molecule has 0 fully saturated rings. The molecule has 0 saturated heterocycles. The summed E-state index contributed by atoms with van der Waals surface area (Å²) >= 11 is 0. The second kappa shape index (κ2) is 7.04. The first-order valence-corrected chi connectivity index (χ1v) is 5.60. The number of nitrogens with zero attached hydrogens (tertiary/aromatic N) is 1. The van der Waals surface area contributed by atoms with Crippen LogP contribution in [0.3, 0.4) is 0 Å². The van der Waals surface area contributed by atoms with Crippen molar-refractivity contribution in [3.8, 4) is 0 Å². The van der Waals surface area contributed by atoms with Gasteiger partial charge in [-0.25, -0.2) is 0 Å². The monoisotopic (exact) mass is 282 g/mol. The van der Waals surface area contributed by atoms with E-state index in [4.69, 9.17) is 16.2 Å². The fourth-order valence-electron chi connectivity index (χ4n) is 1.37. The summed E-state index contributed by atoms with van der Waals surface area (Å²) in [6, 6.07) is 3.68. The van der Waals surface area contributed by atoms with Crippen LogP contribution in [0.4, 0.5) is 11.4 Å². The molecule has 2 amide bonds. The van der Waals surface area contributed by atoms with Gasteiger partial charge in [-0.05, 0) is 12.1 Å². The van der Waals surface area contributed by atoms with Crippen molar-refractivity contribution in [3.05, 3.63) is 33.9 Å². The van der Waals surface area contributed by atoms with Gasteiger partial charge in [-0.3, -0.25) is 19.7 Å². The number of benzene rings is 1. The molecule has 9 heteroatoms. The minimum atomic E-state index is -0.630. The maximum atomic E-state index is 11.7. The Morgan fingerprint density at radius 1 is 1.40 bits per heavy atom. The van der Waals surface area contributed by atoms with Crippen LogP contribution in [0.25, 0.3) is 0 Å². The molecular formula is C11H14N4O5. The van der Waals surface area contributed by atoms with E-state index in [1.807, 2.05) is 0 Å². The van der Waals surface area contributed by atoms with Crippen molar-refractivity contribution in [2.45, 2.75) is 0 Å². The summed E-state index contributed by atoms with van der Waals surface area (Å²) in [5.74, 6) is -1.05. The van der Waals surface area contributed by atoms with Crippen LogP contribution in [-0.2, 0) is 9.53 Å². The van der Waals surface area contributed by atoms with Gasteiger partial charge in [0.2, 0.25) is 5.91 Å². The lowest BCUT2D eigenvalue weighted by Gasteiger charge is -2.06. The number of hydrogen-bond donors (Lipinski definition) is 3. The zero-order chi connectivity index (χ0) is 15.1. The Hall–Kier alpha value is -2.68. The summed E-state index contributed by atoms with van der Waals surface area (Å²) in [6.45, 7) is 0.0699. The van der Waals surface area contributed by atoms with Crippen LogP contribution in [-0.4, -0.2) is 36.5 Å². The summed E-state index contributed by atoms with van der Waals surface area (Å²) in [6.07, 6.45) is 0. The van der Waals surface area contributed by atoms with E-state index in [1.54, 1.807) is 0 Å². The molecule has 0 atom stereocenters. The van der Waals surface area contributed by atoms with Gasteiger partial charge in [0.05, 0.1) is 11.5 Å². The van der Waals surface area contributed by atoms with E-state index < -0.39 is 16.7 Å². The molecule has 0 radical (unpaired) electrons. The largest absolute Gasteiger partial charge is 0.393 e. The first-order valence-electron chi connectivity index (χ1n) is 5.60. The molecule has 0 heterocycles. The van der Waals surface area contributed by atoms with Crippen LogP contribution < -0.4 is 16.8 Å². The van der Waals surface area contributed by atoms with Crippen LogP contribution in [0.5, 0.6) is 0 Å². The van der Waals surface area contributed by atoms with E-state index in [2.05, 4.69) is 5.32 Å². The highest BCUT2D eigenvalue weighted by atomic mass is 16.6. The lowest BCUT2D eigenvalue weighted by Crippen LogP contribution is -2.28. The maximum absolute atomic E-state index is 11.7. The van der Waals surface area contributed by atoms with Crippen molar-refractivity contribution < 1.29 is 19.2 Å². The van der Waals surface area contributed by atoms with Crippen LogP contribution in [0.2, 0.25) is 0 Å². The van der Waals surface area contributed by atoms with Gasteiger partial charge in [-0.1, -0.05) is 0 Å². The summed E-state index contributed by atoms with van der Waals surface area (Å²) in [5, 5.41) is 13.1. The third-order valence-electron chi connectivity index (χ3n) is 2.26. The zero-order valence-electron chi connectivity index (χ0n) is 10.5. The van der Waals surface area contributed by atoms with Crippen molar-refractivity contribution in [1.29, 1.82) is 0 Å². The third kappa shape index (κ3) is 4.53. The normalized spacial score (nSPS) is 10.0. The number of nitro groups is 1. The number of carbonyl (C=O) groups is 2. The Bertz CT molecular complexity index is 532. The van der Waals surface area contributed by atoms with Crippen molar-refractivity contribution in [2.24, 2.45) is 5.73 Å². The molecule has 0 bridgehead atoms. The van der Waals surface area contributed by atoms with E-state index in [9.17, 15) is 19.7 Å². The molecule has 1 rings (SSSR count). The van der Waals surface area contributed by atoms with E-state index in [0.29, 0.717) is 0 Å². The second-order valence-corrected chi connectivity index (χ2v) is 3.81. The zero-order valence-corrected chi connectivity index (χ0v) is 10.5. The molecule has 0 aliphatic carbocycles. The van der Waals surface area contributed by atoms with Crippen LogP contribution in [0.15, 0.2) is 18.2 Å². The number of hydrogen-bond acceptors (Lipinski definition) is 6. The van der Waals surface area contributed by atoms with Crippen molar-refractivity contribution >= 4 is 23.2 Å². The number of nitrogen functional groups attached to an aromatic ring is 1. The maximum Gasteiger partial charge on any atom is 0.292 e. The SMILES string of the molecule is NC(=O)COCCNC(=O)c1ccc([N+](=O)[O-])c(N)c1. The first kappa shape index (κ1) is 15.4. The molecule has 0 aliphatic heterocycles. The first-order chi connectivity index (χ1) is 9.41. The lowest BCUT2D eigenvalue weighted by atomic mass is 10.1. The Kier molecular flexibility index (Phi) is 5.42. The molecule has 5 N–H and O–H groups in total. The highest BCUT2D eigenvalue weighted by Gasteiger charge is 2.14. The fourth-order valence-corrected chi connectivity index (χ4v) is 1.37. The summed E-state index contributed by atoms with van der Waals surface area (Å²) < 4.78 is 4.85. The molecule has 108 valence electrons. The van der Waals surface area contributed by atoms with Crippen LogP contribution in [0.1, 0.15) is 10.4 Å². The van der Waals surface area contributed by atoms with Gasteiger partial charge in [0.15, 0.2) is 0 Å². The van der Waals surface area contributed by atoms with Gasteiger partial charge in [-0.2, -0.15) is 0 Å². The van der Waals surface area contributed by atoms with E-state index in [1.165, 1.54) is 12.1 Å². The van der Waals surface area contributed by atoms with Crippen LogP contribution in [0, 0.1) is 10.1 Å². The predicted octanol–water partition coefficient (Wildman–Crippen LogP) is -0.591. The fraction of sp³-hybridized carbons (Fsp3) is 0.273. The number of nitrogens with one attached hydrogen (secondary N) is 1. The molecule has 0 unspecified atom stereocenters. The summed E-state index contributed by atoms with van der Waals surface area (Å²) in [5.41, 5.74) is 10.2. The molecule has 9 nitrogen and oxygen atoms in total. The number of carbonyl (C=O) groups excluding carboxylic acids is 2. The number of nitro benzene ring substituents is 1. The average Bonchev–Trinajstić information content (AvgIpc) is 2.37. The van der Waals surface area contributed by atoms with Gasteiger partial charge in [-0.15, -0.1) is 0 Å². The minimum Gasteiger partial charge on any atom is -0.393 e. The van der Waals surface area contributed by atoms with Gasteiger partial charge in [0.25, 0.3) is 11.6 Å². The average molecular weight is 282 g/mol. The molecule has 20 heavy (non-hydrogen) atoms. The van der Waals surface area contributed by atoms with E-state index in [0.717, 1.165) is 6.07 Å². The molecule has 0 aliphatic rings. The van der Waals surface area contributed by atoms with Gasteiger partial charge < -0.3 is 21.5 Å².